The number of carbonyl (C=O) groups is 2. The van der Waals surface area contributed by atoms with Crippen molar-refractivity contribution >= 4 is 34.4 Å². The molecule has 3 aromatic carbocycles. The van der Waals surface area contributed by atoms with E-state index >= 15 is 0 Å². The number of fused-ring (bicyclic) bond motifs is 1. The zero-order chi connectivity index (χ0) is 26.6. The molecule has 1 saturated carbocycles. The molecule has 1 heterocycles. The largest absolute Gasteiger partial charge is 0.308 e. The summed E-state index contributed by atoms with van der Waals surface area (Å²) in [5.41, 5.74) is 5.47. The van der Waals surface area contributed by atoms with E-state index < -0.39 is 6.52 Å². The highest BCUT2D eigenvalue weighted by Crippen LogP contribution is 2.30. The molecular formula is C32H33N3O2. The van der Waals surface area contributed by atoms with Crippen LogP contribution in [0.4, 0.5) is 5.69 Å². The van der Waals surface area contributed by atoms with E-state index in [2.05, 4.69) is 23.3 Å². The van der Waals surface area contributed by atoms with Crippen molar-refractivity contribution in [2.24, 2.45) is 13.0 Å². The van der Waals surface area contributed by atoms with Gasteiger partial charge in [0.05, 0.1) is 19.6 Å². The first-order chi connectivity index (χ1) is 18.4. The van der Waals surface area contributed by atoms with E-state index in [1.54, 1.807) is 11.0 Å². The average Bonchev–Trinajstić information content (AvgIpc) is 3.32. The van der Waals surface area contributed by atoms with E-state index in [0.717, 1.165) is 65.3 Å². The van der Waals surface area contributed by atoms with Gasteiger partial charge in [-0.25, -0.2) is 0 Å². The molecule has 5 rings (SSSR count). The number of hydrogen-bond acceptors (Lipinski definition) is 3. The van der Waals surface area contributed by atoms with E-state index in [1.807, 2.05) is 66.5 Å². The lowest BCUT2D eigenvalue weighted by molar-refractivity contribution is -0.123. The van der Waals surface area contributed by atoms with Gasteiger partial charge in [0.15, 0.2) is 5.78 Å². The van der Waals surface area contributed by atoms with E-state index in [1.165, 1.54) is 13.0 Å². The lowest BCUT2D eigenvalue weighted by Crippen LogP contribution is -2.36. The Labute approximate surface area is 219 Å². The van der Waals surface area contributed by atoms with Crippen molar-refractivity contribution < 1.29 is 11.0 Å². The summed E-state index contributed by atoms with van der Waals surface area (Å²) in [5, 5.41) is 5.41. The molecule has 0 bridgehead atoms. The minimum Gasteiger partial charge on any atom is -0.308 e. The summed E-state index contributed by atoms with van der Waals surface area (Å²) in [6.07, 6.45) is 10.1. The second-order valence-corrected chi connectivity index (χ2v) is 9.88. The minimum atomic E-state index is -0.883. The molecule has 188 valence electrons. The van der Waals surface area contributed by atoms with Gasteiger partial charge in [0, 0.05) is 24.0 Å². The molecule has 1 unspecified atom stereocenters. The Morgan fingerprint density at radius 1 is 1.03 bits per heavy atom. The summed E-state index contributed by atoms with van der Waals surface area (Å²) < 4.78 is 11.1. The maximum atomic E-state index is 13.8. The summed E-state index contributed by atoms with van der Waals surface area (Å²) >= 11 is 0. The first-order valence-electron chi connectivity index (χ1n) is 13.5. The Bertz CT molecular complexity index is 1480. The van der Waals surface area contributed by atoms with Crippen LogP contribution in [0, 0.1) is 5.92 Å². The molecule has 1 aliphatic rings. The molecule has 0 N–H and O–H groups in total. The summed E-state index contributed by atoms with van der Waals surface area (Å²) in [5.74, 6) is -0.103. The van der Waals surface area contributed by atoms with Crippen LogP contribution in [0.3, 0.4) is 0 Å². The highest BCUT2D eigenvalue weighted by molar-refractivity contribution is 5.96. The number of anilines is 1. The van der Waals surface area contributed by atoms with Crippen molar-refractivity contribution in [3.8, 4) is 11.1 Å². The number of amides is 1. The van der Waals surface area contributed by atoms with Crippen LogP contribution in [-0.2, 0) is 23.2 Å². The predicted octanol–water partition coefficient (Wildman–Crippen LogP) is 6.96. The first-order valence-corrected chi connectivity index (χ1v) is 13.0. The van der Waals surface area contributed by atoms with Crippen molar-refractivity contribution in [1.29, 1.82) is 0 Å². The molecule has 4 aromatic rings. The molecule has 0 aliphatic heterocycles. The first kappa shape index (κ1) is 23.4. The van der Waals surface area contributed by atoms with Gasteiger partial charge in [-0.1, -0.05) is 67.8 Å². The van der Waals surface area contributed by atoms with Crippen molar-refractivity contribution in [2.75, 3.05) is 4.90 Å². The van der Waals surface area contributed by atoms with Gasteiger partial charge < -0.3 is 4.90 Å². The van der Waals surface area contributed by atoms with Gasteiger partial charge in [0.2, 0.25) is 5.91 Å². The van der Waals surface area contributed by atoms with Crippen LogP contribution in [0.1, 0.15) is 51.5 Å². The molecule has 37 heavy (non-hydrogen) atoms. The smallest absolute Gasteiger partial charge is 0.230 e. The van der Waals surface area contributed by atoms with Crippen LogP contribution in [0.25, 0.3) is 28.1 Å². The van der Waals surface area contributed by atoms with Gasteiger partial charge in [-0.05, 0) is 72.4 Å². The van der Waals surface area contributed by atoms with Gasteiger partial charge in [-0.15, -0.1) is 0 Å². The normalized spacial score (nSPS) is 15.6. The molecule has 0 saturated heterocycles. The van der Waals surface area contributed by atoms with Crippen molar-refractivity contribution in [1.82, 2.24) is 9.78 Å². The van der Waals surface area contributed by atoms with Crippen LogP contribution in [-0.4, -0.2) is 21.5 Å². The van der Waals surface area contributed by atoms with Gasteiger partial charge in [0.1, 0.15) is 0 Å². The molecule has 5 heteroatoms. The molecule has 1 amide bonds. The fourth-order valence-corrected chi connectivity index (χ4v) is 5.06. The minimum absolute atomic E-state index is 0.00324. The standard InChI is InChI=1S/C32H33N3O2/c1-23(36)11-12-24-7-6-10-30(19-24)35(32(37)27-8-4-3-5-9-27)22-25-13-15-26(16-14-25)28-17-18-31-29(20-28)21-33-34(31)2/h6-7,10-21,27H,3-5,8-9,22H2,1-2H3/b12-11+/i22D. The second kappa shape index (κ2) is 11.0. The summed E-state index contributed by atoms with van der Waals surface area (Å²) in [6, 6.07) is 21.7. The molecule has 1 atom stereocenters. The van der Waals surface area contributed by atoms with Gasteiger partial charge in [-0.3, -0.25) is 14.3 Å². The molecule has 1 aromatic heterocycles. The van der Waals surface area contributed by atoms with Crippen LogP contribution < -0.4 is 4.90 Å². The number of aromatic nitrogens is 2. The predicted molar refractivity (Wildman–Crippen MR) is 150 cm³/mol. The molecule has 0 radical (unpaired) electrons. The van der Waals surface area contributed by atoms with Gasteiger partial charge >= 0.3 is 0 Å². The van der Waals surface area contributed by atoms with Crippen LogP contribution in [0.15, 0.2) is 79.0 Å². The Morgan fingerprint density at radius 2 is 1.78 bits per heavy atom. The van der Waals surface area contributed by atoms with Crippen molar-refractivity contribution in [3.05, 3.63) is 90.1 Å². The third-order valence-corrected chi connectivity index (χ3v) is 7.12. The Balaban J connectivity index is 1.46. The summed E-state index contributed by atoms with van der Waals surface area (Å²) in [7, 11) is 1.93. The van der Waals surface area contributed by atoms with Crippen molar-refractivity contribution in [2.45, 2.75) is 45.5 Å². The third kappa shape index (κ3) is 5.72. The second-order valence-electron chi connectivity index (χ2n) is 9.88. The number of allylic oxidation sites excluding steroid dienone is 1. The number of ketones is 1. The lowest BCUT2D eigenvalue weighted by atomic mass is 9.88. The molecule has 0 spiro atoms. The molecule has 1 fully saturated rings. The lowest BCUT2D eigenvalue weighted by Gasteiger charge is -2.30. The number of carbonyl (C=O) groups excluding carboxylic acids is 2. The molecule has 1 aliphatic carbocycles. The fourth-order valence-electron chi connectivity index (χ4n) is 5.06. The maximum absolute atomic E-state index is 13.8. The van der Waals surface area contributed by atoms with Crippen molar-refractivity contribution in [3.63, 3.8) is 0 Å². The van der Waals surface area contributed by atoms with Gasteiger partial charge in [0.25, 0.3) is 0 Å². The third-order valence-electron chi connectivity index (χ3n) is 7.12. The summed E-state index contributed by atoms with van der Waals surface area (Å²) in [4.78, 5) is 26.9. The Hall–Kier alpha value is -3.99. The Kier molecular flexibility index (Phi) is 6.93. The average molecular weight is 493 g/mol. The van der Waals surface area contributed by atoms with E-state index in [-0.39, 0.29) is 17.6 Å². The maximum Gasteiger partial charge on any atom is 0.230 e. The number of benzene rings is 3. The van der Waals surface area contributed by atoms with E-state index in [9.17, 15) is 11.0 Å². The quantitative estimate of drug-likeness (QED) is 0.262. The monoisotopic (exact) mass is 492 g/mol. The summed E-state index contributed by atoms with van der Waals surface area (Å²) in [6.45, 7) is 0.628. The topological polar surface area (TPSA) is 55.2 Å². The van der Waals surface area contributed by atoms with Crippen LogP contribution in [0.2, 0.25) is 0 Å². The number of aryl methyl sites for hydroxylation is 1. The molecule has 5 nitrogen and oxygen atoms in total. The highest BCUT2D eigenvalue weighted by atomic mass is 16.2. The van der Waals surface area contributed by atoms with Crippen LogP contribution >= 0.6 is 0 Å². The molecular weight excluding hydrogens is 458 g/mol. The zero-order valence-corrected chi connectivity index (χ0v) is 21.4. The van der Waals surface area contributed by atoms with Crippen LogP contribution in [0.5, 0.6) is 0 Å². The highest BCUT2D eigenvalue weighted by Gasteiger charge is 2.27. The fraction of sp³-hybridized carbons (Fsp3) is 0.281. The van der Waals surface area contributed by atoms with E-state index in [0.29, 0.717) is 5.69 Å². The SMILES string of the molecule is [2H]C(c1ccc(-c2ccc3c(cnn3C)c2)cc1)N(C(=O)C1CCCCC1)c1cccc(/C=C/C(C)=O)c1. The van der Waals surface area contributed by atoms with E-state index in [4.69, 9.17) is 0 Å². The number of nitrogens with zero attached hydrogens (tertiary/aromatic N) is 3. The van der Waals surface area contributed by atoms with Gasteiger partial charge in [-0.2, -0.15) is 5.10 Å². The number of hydrogen-bond donors (Lipinski definition) is 0. The number of rotatable bonds is 7. The zero-order valence-electron chi connectivity index (χ0n) is 22.4. The Morgan fingerprint density at radius 3 is 2.54 bits per heavy atom.